The second kappa shape index (κ2) is 10.2. The molecule has 4 N–H and O–H groups in total. The largest absolute Gasteiger partial charge is 0.398 e. The van der Waals surface area contributed by atoms with E-state index in [1.807, 2.05) is 31.2 Å². The van der Waals surface area contributed by atoms with Crippen LogP contribution in [0.2, 0.25) is 0 Å². The van der Waals surface area contributed by atoms with E-state index in [0.29, 0.717) is 5.70 Å². The highest BCUT2D eigenvalue weighted by Crippen LogP contribution is 2.39. The molecule has 1 aliphatic heterocycles. The number of nitrogens with zero attached hydrogens (tertiary/aromatic N) is 1. The van der Waals surface area contributed by atoms with E-state index in [0.717, 1.165) is 16.7 Å². The molecule has 0 aromatic heterocycles. The molecule has 1 fully saturated rings. The Morgan fingerprint density at radius 2 is 1.46 bits per heavy atom. The lowest BCUT2D eigenvalue weighted by Crippen LogP contribution is -2.64. The maximum Gasteiger partial charge on any atom is 0.109 e. The van der Waals surface area contributed by atoms with Gasteiger partial charge < -0.3 is 16.0 Å². The predicted molar refractivity (Wildman–Crippen MR) is 165 cm³/mol. The van der Waals surface area contributed by atoms with Crippen molar-refractivity contribution in [1.82, 2.24) is 5.32 Å². The molecule has 4 heteroatoms. The monoisotopic (exact) mass is 508 g/mol. The van der Waals surface area contributed by atoms with Gasteiger partial charge in [0.2, 0.25) is 0 Å². The highest BCUT2D eigenvalue weighted by atomic mass is 15.5. The first kappa shape index (κ1) is 24.7. The lowest BCUT2D eigenvalue weighted by molar-refractivity contribution is 0.305. The van der Waals surface area contributed by atoms with Gasteiger partial charge >= 0.3 is 0 Å². The molecular formula is C35H32N4. The van der Waals surface area contributed by atoms with Crippen molar-refractivity contribution in [3.05, 3.63) is 143 Å². The molecular weight excluding hydrogens is 476 g/mol. The van der Waals surface area contributed by atoms with Crippen LogP contribution in [0, 0.1) is 12.3 Å². The van der Waals surface area contributed by atoms with Gasteiger partial charge in [-0.2, -0.15) is 0 Å². The molecule has 192 valence electrons. The summed E-state index contributed by atoms with van der Waals surface area (Å²) in [6.45, 7) is 4.16. The van der Waals surface area contributed by atoms with Crippen molar-refractivity contribution in [2.75, 3.05) is 4.90 Å². The third-order valence-corrected chi connectivity index (χ3v) is 7.79. The van der Waals surface area contributed by atoms with Crippen LogP contribution >= 0.6 is 0 Å². The zero-order valence-corrected chi connectivity index (χ0v) is 22.2. The van der Waals surface area contributed by atoms with E-state index < -0.39 is 0 Å². The average molecular weight is 509 g/mol. The molecule has 0 aliphatic carbocycles. The zero-order chi connectivity index (χ0) is 26.9. The van der Waals surface area contributed by atoms with Gasteiger partial charge in [-0.25, -0.2) is 0 Å². The second-order valence-corrected chi connectivity index (χ2v) is 10.2. The smallest absolute Gasteiger partial charge is 0.109 e. The summed E-state index contributed by atoms with van der Waals surface area (Å²) >= 11 is 0. The molecule has 39 heavy (non-hydrogen) atoms. The topological polar surface area (TPSA) is 65.1 Å². The summed E-state index contributed by atoms with van der Waals surface area (Å²) in [5, 5.41) is 16.4. The summed E-state index contributed by atoms with van der Waals surface area (Å²) in [4.78, 5) is 2.45. The van der Waals surface area contributed by atoms with Crippen molar-refractivity contribution < 1.29 is 0 Å². The molecule has 0 saturated carbocycles. The highest BCUT2D eigenvalue weighted by molar-refractivity contribution is 5.87. The van der Waals surface area contributed by atoms with Crippen LogP contribution in [0.4, 0.5) is 5.69 Å². The third kappa shape index (κ3) is 4.60. The molecule has 5 aromatic carbocycles. The minimum absolute atomic E-state index is 0.0284. The zero-order valence-electron chi connectivity index (χ0n) is 22.2. The first-order chi connectivity index (χ1) is 19.0. The van der Waals surface area contributed by atoms with E-state index in [1.54, 1.807) is 0 Å². The fourth-order valence-corrected chi connectivity index (χ4v) is 5.52. The quantitative estimate of drug-likeness (QED) is 0.163. The summed E-state index contributed by atoms with van der Waals surface area (Å²) in [5.74, 6) is 0. The maximum absolute atomic E-state index is 7.66. The van der Waals surface area contributed by atoms with Gasteiger partial charge in [0.15, 0.2) is 0 Å². The van der Waals surface area contributed by atoms with Crippen LogP contribution in [0.5, 0.6) is 0 Å². The summed E-state index contributed by atoms with van der Waals surface area (Å²) in [5.41, 5.74) is 13.6. The van der Waals surface area contributed by atoms with Crippen molar-refractivity contribution >= 4 is 39.1 Å². The van der Waals surface area contributed by atoms with Crippen molar-refractivity contribution in [2.24, 2.45) is 5.73 Å². The molecule has 1 heterocycles. The summed E-state index contributed by atoms with van der Waals surface area (Å²) in [7, 11) is 0. The Morgan fingerprint density at radius 1 is 0.795 bits per heavy atom. The lowest BCUT2D eigenvalue weighted by Gasteiger charge is -2.52. The molecule has 1 aliphatic rings. The van der Waals surface area contributed by atoms with Gasteiger partial charge in [-0.15, -0.1) is 0 Å². The number of allylic oxidation sites excluding steroid dienone is 2. The maximum atomic E-state index is 7.66. The van der Waals surface area contributed by atoms with Crippen LogP contribution < -0.4 is 16.0 Å². The van der Waals surface area contributed by atoms with Gasteiger partial charge in [-0.3, -0.25) is 5.32 Å². The first-order valence-electron chi connectivity index (χ1n) is 13.3. The van der Waals surface area contributed by atoms with Crippen molar-refractivity contribution in [2.45, 2.75) is 26.2 Å². The van der Waals surface area contributed by atoms with E-state index in [1.165, 1.54) is 44.6 Å². The molecule has 4 nitrogen and oxygen atoms in total. The van der Waals surface area contributed by atoms with Crippen LogP contribution in [0.3, 0.4) is 0 Å². The number of rotatable bonds is 6. The van der Waals surface area contributed by atoms with E-state index in [9.17, 15) is 0 Å². The van der Waals surface area contributed by atoms with E-state index in [2.05, 4.69) is 108 Å². The minimum Gasteiger partial charge on any atom is -0.398 e. The SMILES string of the molecule is C/C(=C\C=C(/N)c1cccc(C=N)c1C)C1NC(c2ccc3ccccc3c2)N1c1ccc2ccccc2c1. The Labute approximate surface area is 229 Å². The Hall–Kier alpha value is -4.67. The molecule has 5 aromatic rings. The van der Waals surface area contributed by atoms with Crippen LogP contribution in [-0.2, 0) is 0 Å². The van der Waals surface area contributed by atoms with Crippen LogP contribution in [-0.4, -0.2) is 12.4 Å². The van der Waals surface area contributed by atoms with Gasteiger partial charge in [0.1, 0.15) is 12.3 Å². The molecule has 0 spiro atoms. The van der Waals surface area contributed by atoms with Crippen LogP contribution in [0.25, 0.3) is 27.2 Å². The van der Waals surface area contributed by atoms with E-state index in [-0.39, 0.29) is 12.3 Å². The number of hydrogen-bond donors (Lipinski definition) is 3. The molecule has 2 atom stereocenters. The second-order valence-electron chi connectivity index (χ2n) is 10.2. The number of anilines is 1. The van der Waals surface area contributed by atoms with Crippen molar-refractivity contribution in [3.63, 3.8) is 0 Å². The number of nitrogens with one attached hydrogen (secondary N) is 2. The highest BCUT2D eigenvalue weighted by Gasteiger charge is 2.39. The number of fused-ring (bicyclic) bond motifs is 2. The van der Waals surface area contributed by atoms with Gasteiger partial charge in [-0.05, 0) is 81.9 Å². The molecule has 2 unspecified atom stereocenters. The summed E-state index contributed by atoms with van der Waals surface area (Å²) < 4.78 is 0. The van der Waals surface area contributed by atoms with Crippen LogP contribution in [0.15, 0.2) is 121 Å². The summed E-state index contributed by atoms with van der Waals surface area (Å²) in [6.07, 6.45) is 5.54. The molecule has 0 amide bonds. The number of benzene rings is 5. The molecule has 0 bridgehead atoms. The van der Waals surface area contributed by atoms with Gasteiger partial charge in [0.05, 0.1) is 0 Å². The summed E-state index contributed by atoms with van der Waals surface area (Å²) in [6, 6.07) is 36.3. The van der Waals surface area contributed by atoms with Crippen molar-refractivity contribution in [1.29, 1.82) is 5.41 Å². The molecule has 0 radical (unpaired) electrons. The van der Waals surface area contributed by atoms with Crippen LogP contribution in [0.1, 0.15) is 35.3 Å². The fourth-order valence-electron chi connectivity index (χ4n) is 5.52. The Bertz CT molecular complexity index is 1760. The fraction of sp³-hybridized carbons (Fsp3) is 0.114. The van der Waals surface area contributed by atoms with Crippen molar-refractivity contribution in [3.8, 4) is 0 Å². The Morgan fingerprint density at radius 3 is 2.18 bits per heavy atom. The van der Waals surface area contributed by atoms with Gasteiger partial charge in [-0.1, -0.05) is 91.0 Å². The van der Waals surface area contributed by atoms with E-state index in [4.69, 9.17) is 11.1 Å². The normalized spacial score (nSPS) is 17.8. The molecule has 6 rings (SSSR count). The Balaban J connectivity index is 1.36. The number of nitrogens with two attached hydrogens (primary N) is 1. The average Bonchev–Trinajstić information content (AvgIpc) is 2.95. The standard InChI is InChI=1S/C35H32N4/c1-23(14-19-33(37)32-13-7-12-30(22-36)24(32)2)34-38-35(29-16-15-25-8-3-5-10-27(25)20-29)39(34)31-18-17-26-9-4-6-11-28(26)21-31/h3-22,34-36,38H,37H2,1-2H3/b23-14+,33-19-,36-22?. The predicted octanol–water partition coefficient (Wildman–Crippen LogP) is 7.68. The number of hydrogen-bond acceptors (Lipinski definition) is 4. The van der Waals surface area contributed by atoms with Gasteiger partial charge in [0.25, 0.3) is 0 Å². The lowest BCUT2D eigenvalue weighted by atomic mass is 9.97. The molecule has 1 saturated heterocycles. The first-order valence-corrected chi connectivity index (χ1v) is 13.3. The minimum atomic E-state index is 0.0284. The third-order valence-electron chi connectivity index (χ3n) is 7.79. The van der Waals surface area contributed by atoms with Gasteiger partial charge in [0, 0.05) is 23.2 Å². The van der Waals surface area contributed by atoms with E-state index >= 15 is 0 Å². The Kier molecular flexibility index (Phi) is 6.47.